The number of thioether (sulfide) groups is 1. The number of aryl methyl sites for hydroxylation is 2. The van der Waals surface area contributed by atoms with Gasteiger partial charge in [0.05, 0.1) is 29.8 Å². The lowest BCUT2D eigenvalue weighted by Gasteiger charge is -2.20. The molecule has 0 saturated heterocycles. The van der Waals surface area contributed by atoms with Crippen LogP contribution in [0.4, 0.5) is 5.13 Å². The molecule has 0 N–H and O–H groups in total. The normalized spacial score (nSPS) is 11.5. The number of fused-ring (bicyclic) bond motifs is 2. The minimum absolute atomic E-state index is 0.0522. The number of amides is 1. The van der Waals surface area contributed by atoms with E-state index in [1.54, 1.807) is 16.5 Å². The van der Waals surface area contributed by atoms with Gasteiger partial charge < -0.3 is 4.74 Å². The van der Waals surface area contributed by atoms with Crippen LogP contribution < -0.4 is 4.90 Å². The first-order valence-corrected chi connectivity index (χ1v) is 11.5. The van der Waals surface area contributed by atoms with E-state index in [-0.39, 0.29) is 12.3 Å². The maximum atomic E-state index is 13.4. The summed E-state index contributed by atoms with van der Waals surface area (Å²) >= 11 is 2.97. The number of hydrogen-bond acceptors (Lipinski definition) is 8. The lowest BCUT2D eigenvalue weighted by atomic mass is 10.1. The molecular weight excluding hydrogens is 420 g/mol. The van der Waals surface area contributed by atoms with Crippen LogP contribution in [-0.2, 0) is 16.0 Å². The summed E-state index contributed by atoms with van der Waals surface area (Å²) < 4.78 is 7.99. The minimum Gasteiger partial charge on any atom is -0.383 e. The van der Waals surface area contributed by atoms with Crippen LogP contribution in [0.3, 0.4) is 0 Å². The predicted octanol–water partition coefficient (Wildman–Crippen LogP) is 3.29. The molecule has 0 aliphatic rings. The molecule has 0 saturated carbocycles. The van der Waals surface area contributed by atoms with E-state index in [0.717, 1.165) is 27.2 Å². The van der Waals surface area contributed by atoms with E-state index in [0.29, 0.717) is 29.2 Å². The van der Waals surface area contributed by atoms with Crippen LogP contribution in [0.1, 0.15) is 17.0 Å². The molecule has 30 heavy (non-hydrogen) atoms. The summed E-state index contributed by atoms with van der Waals surface area (Å²) in [6, 6.07) is 7.88. The van der Waals surface area contributed by atoms with Gasteiger partial charge in [-0.1, -0.05) is 35.2 Å². The third kappa shape index (κ3) is 3.90. The zero-order chi connectivity index (χ0) is 21.3. The molecule has 0 aliphatic heterocycles. The van der Waals surface area contributed by atoms with Gasteiger partial charge in [0.25, 0.3) is 5.78 Å². The van der Waals surface area contributed by atoms with Gasteiger partial charge in [-0.25, -0.2) is 14.5 Å². The molecule has 4 rings (SSSR count). The second-order valence-corrected chi connectivity index (χ2v) is 8.53. The highest BCUT2D eigenvalue weighted by Crippen LogP contribution is 2.29. The van der Waals surface area contributed by atoms with E-state index in [1.807, 2.05) is 44.4 Å². The maximum Gasteiger partial charge on any atom is 0.253 e. The molecule has 0 aliphatic carbocycles. The third-order valence-corrected chi connectivity index (χ3v) is 6.47. The van der Waals surface area contributed by atoms with Crippen molar-refractivity contribution in [3.63, 3.8) is 0 Å². The van der Waals surface area contributed by atoms with Crippen molar-refractivity contribution in [3.05, 3.63) is 41.2 Å². The van der Waals surface area contributed by atoms with Gasteiger partial charge >= 0.3 is 0 Å². The number of thiazole rings is 1. The Balaban J connectivity index is 1.68. The van der Waals surface area contributed by atoms with Gasteiger partial charge in [-0.3, -0.25) is 9.69 Å². The average molecular weight is 443 g/mol. The summed E-state index contributed by atoms with van der Waals surface area (Å²) in [5, 5.41) is 5.80. The third-order valence-electron chi connectivity index (χ3n) is 4.87. The van der Waals surface area contributed by atoms with Crippen molar-refractivity contribution >= 4 is 50.1 Å². The average Bonchev–Trinajstić information content (AvgIpc) is 3.35. The second kappa shape index (κ2) is 8.66. The van der Waals surface area contributed by atoms with Crippen LogP contribution >= 0.6 is 23.1 Å². The van der Waals surface area contributed by atoms with Crippen molar-refractivity contribution in [1.29, 1.82) is 0 Å². The van der Waals surface area contributed by atoms with E-state index < -0.39 is 0 Å². The van der Waals surface area contributed by atoms with Gasteiger partial charge in [0, 0.05) is 24.1 Å². The van der Waals surface area contributed by atoms with Crippen LogP contribution in [0.2, 0.25) is 0 Å². The highest BCUT2D eigenvalue weighted by Gasteiger charge is 2.23. The molecule has 0 spiro atoms. The summed E-state index contributed by atoms with van der Waals surface area (Å²) in [7, 11) is 1.63. The number of rotatable bonds is 7. The van der Waals surface area contributed by atoms with Crippen LogP contribution in [0.15, 0.2) is 29.4 Å². The number of carbonyl (C=O) groups is 1. The van der Waals surface area contributed by atoms with Crippen molar-refractivity contribution < 1.29 is 9.53 Å². The predicted molar refractivity (Wildman–Crippen MR) is 120 cm³/mol. The quantitative estimate of drug-likeness (QED) is 0.406. The van der Waals surface area contributed by atoms with Gasteiger partial charge in [-0.05, 0) is 32.2 Å². The van der Waals surface area contributed by atoms with E-state index >= 15 is 0 Å². The van der Waals surface area contributed by atoms with Gasteiger partial charge in [-0.2, -0.15) is 4.98 Å². The molecule has 8 nitrogen and oxygen atoms in total. The molecule has 0 fully saturated rings. The summed E-state index contributed by atoms with van der Waals surface area (Å²) in [6.07, 6.45) is 2.13. The molecule has 4 aromatic rings. The SMILES string of the molecule is COCCN(C(=O)Cc1c(C)nc2nc(SC)nn2c1C)c1nc2ccccc2s1. The number of para-hydroxylation sites is 1. The number of nitrogens with zero attached hydrogens (tertiary/aromatic N) is 6. The molecule has 0 unspecified atom stereocenters. The monoisotopic (exact) mass is 442 g/mol. The molecule has 0 bridgehead atoms. The molecule has 0 radical (unpaired) electrons. The second-order valence-electron chi connectivity index (χ2n) is 6.75. The molecular formula is C20H22N6O2S2. The summed E-state index contributed by atoms with van der Waals surface area (Å²) in [5.41, 5.74) is 3.39. The van der Waals surface area contributed by atoms with Crippen molar-refractivity contribution in [2.45, 2.75) is 25.4 Å². The highest BCUT2D eigenvalue weighted by atomic mass is 32.2. The van der Waals surface area contributed by atoms with Crippen LogP contribution in [-0.4, -0.2) is 57.0 Å². The minimum atomic E-state index is -0.0522. The van der Waals surface area contributed by atoms with Crippen molar-refractivity contribution in [1.82, 2.24) is 24.6 Å². The summed E-state index contributed by atoms with van der Waals surface area (Å²) in [5.74, 6) is 0.497. The lowest BCUT2D eigenvalue weighted by molar-refractivity contribution is -0.118. The molecule has 1 aromatic carbocycles. The first-order valence-electron chi connectivity index (χ1n) is 9.43. The van der Waals surface area contributed by atoms with Gasteiger partial charge in [0.2, 0.25) is 11.1 Å². The zero-order valence-corrected chi connectivity index (χ0v) is 18.9. The van der Waals surface area contributed by atoms with Crippen molar-refractivity contribution in [2.24, 2.45) is 0 Å². The Kier molecular flexibility index (Phi) is 5.98. The Morgan fingerprint density at radius 3 is 2.77 bits per heavy atom. The summed E-state index contributed by atoms with van der Waals surface area (Å²) in [6.45, 7) is 4.71. The van der Waals surface area contributed by atoms with E-state index in [1.165, 1.54) is 23.1 Å². The fourth-order valence-electron chi connectivity index (χ4n) is 3.26. The fourth-order valence-corrected chi connectivity index (χ4v) is 4.61. The van der Waals surface area contributed by atoms with Gasteiger partial charge in [0.1, 0.15) is 0 Å². The van der Waals surface area contributed by atoms with E-state index in [9.17, 15) is 4.79 Å². The standard InChI is InChI=1S/C20H22N6O2S2/c1-12-14(13(2)26-18(21-12)23-19(24-26)29-4)11-17(27)25(9-10-28-3)20-22-15-7-5-6-8-16(15)30-20/h5-8H,9-11H2,1-4H3. The van der Waals surface area contributed by atoms with Crippen molar-refractivity contribution in [3.8, 4) is 0 Å². The zero-order valence-electron chi connectivity index (χ0n) is 17.2. The number of aromatic nitrogens is 5. The number of methoxy groups -OCH3 is 1. The summed E-state index contributed by atoms with van der Waals surface area (Å²) in [4.78, 5) is 28.7. The highest BCUT2D eigenvalue weighted by molar-refractivity contribution is 7.98. The van der Waals surface area contributed by atoms with Crippen molar-refractivity contribution in [2.75, 3.05) is 31.4 Å². The van der Waals surface area contributed by atoms with E-state index in [4.69, 9.17) is 4.74 Å². The number of anilines is 1. The smallest absolute Gasteiger partial charge is 0.253 e. The van der Waals surface area contributed by atoms with Crippen LogP contribution in [0, 0.1) is 13.8 Å². The topological polar surface area (TPSA) is 85.5 Å². The number of carbonyl (C=O) groups excluding carboxylic acids is 1. The number of hydrogen-bond donors (Lipinski definition) is 0. The molecule has 3 aromatic heterocycles. The Morgan fingerprint density at radius 2 is 2.03 bits per heavy atom. The maximum absolute atomic E-state index is 13.4. The number of benzene rings is 1. The molecule has 156 valence electrons. The largest absolute Gasteiger partial charge is 0.383 e. The molecule has 3 heterocycles. The Labute approximate surface area is 182 Å². The Hall–Kier alpha value is -2.56. The van der Waals surface area contributed by atoms with Crippen LogP contribution in [0.5, 0.6) is 0 Å². The number of ether oxygens (including phenoxy) is 1. The van der Waals surface area contributed by atoms with Crippen LogP contribution in [0.25, 0.3) is 16.0 Å². The molecule has 1 amide bonds. The lowest BCUT2D eigenvalue weighted by Crippen LogP contribution is -2.35. The van der Waals surface area contributed by atoms with Gasteiger partial charge in [0.15, 0.2) is 5.13 Å². The Bertz CT molecular complexity index is 1190. The Morgan fingerprint density at radius 1 is 1.23 bits per heavy atom. The fraction of sp³-hybridized carbons (Fsp3) is 0.350. The first-order chi connectivity index (χ1) is 14.5. The van der Waals surface area contributed by atoms with Gasteiger partial charge in [-0.15, -0.1) is 5.10 Å². The molecule has 0 atom stereocenters. The molecule has 10 heteroatoms. The first kappa shape index (κ1) is 20.7. The van der Waals surface area contributed by atoms with E-state index in [2.05, 4.69) is 20.1 Å².